The number of ether oxygens (including phenoxy) is 3. The fourth-order valence-corrected chi connectivity index (χ4v) is 6.07. The van der Waals surface area contributed by atoms with Crippen LogP contribution in [-0.4, -0.2) is 84.6 Å². The summed E-state index contributed by atoms with van der Waals surface area (Å²) >= 11 is 0. The molecular formula is C30H46N2O7. The molecule has 3 unspecified atom stereocenters. The highest BCUT2D eigenvalue weighted by atomic mass is 16.7. The van der Waals surface area contributed by atoms with Crippen LogP contribution in [0.3, 0.4) is 0 Å². The smallest absolute Gasteiger partial charge is 0.308 e. The van der Waals surface area contributed by atoms with Crippen LogP contribution in [0.1, 0.15) is 71.8 Å². The molecule has 2 N–H and O–H groups in total. The molecule has 3 rings (SSSR count). The summed E-state index contributed by atoms with van der Waals surface area (Å²) in [5.41, 5.74) is 1.70. The van der Waals surface area contributed by atoms with Crippen molar-refractivity contribution >= 4 is 11.9 Å². The van der Waals surface area contributed by atoms with Crippen molar-refractivity contribution in [3.05, 3.63) is 29.3 Å². The molecule has 3 atom stereocenters. The summed E-state index contributed by atoms with van der Waals surface area (Å²) in [5.74, 6) is -0.437. The van der Waals surface area contributed by atoms with E-state index in [2.05, 4.69) is 31.7 Å². The van der Waals surface area contributed by atoms with Gasteiger partial charge in [0.1, 0.15) is 0 Å². The monoisotopic (exact) mass is 546 g/mol. The van der Waals surface area contributed by atoms with Gasteiger partial charge in [-0.05, 0) is 56.2 Å². The summed E-state index contributed by atoms with van der Waals surface area (Å²) in [4.78, 5) is 30.3. The third-order valence-corrected chi connectivity index (χ3v) is 7.62. The molecule has 0 saturated carbocycles. The van der Waals surface area contributed by atoms with Gasteiger partial charge in [0.25, 0.3) is 0 Å². The molecule has 0 aliphatic carbocycles. The van der Waals surface area contributed by atoms with Crippen LogP contribution < -0.4 is 14.2 Å². The van der Waals surface area contributed by atoms with E-state index in [1.807, 2.05) is 30.9 Å². The fourth-order valence-electron chi connectivity index (χ4n) is 6.07. The molecule has 1 fully saturated rings. The number of carbonyl (C=O) groups excluding carboxylic acids is 1. The van der Waals surface area contributed by atoms with Gasteiger partial charge in [0.15, 0.2) is 11.5 Å². The van der Waals surface area contributed by atoms with Crippen molar-refractivity contribution in [1.82, 2.24) is 9.80 Å². The van der Waals surface area contributed by atoms with Crippen LogP contribution in [0, 0.1) is 11.3 Å². The Morgan fingerprint density at radius 1 is 1.21 bits per heavy atom. The molecule has 2 aliphatic rings. The highest BCUT2D eigenvalue weighted by molar-refractivity contribution is 5.79. The molecule has 2 heterocycles. The molecule has 1 saturated heterocycles. The number of unbranched alkanes of at least 4 members (excludes halogenated alkanes) is 1. The topological polar surface area (TPSA) is 109 Å². The minimum Gasteiger partial charge on any atom is -0.493 e. The summed E-state index contributed by atoms with van der Waals surface area (Å²) in [6.45, 7) is 12.2. The number of carboxylic acid groups (broad SMARTS) is 1. The van der Waals surface area contributed by atoms with E-state index in [0.717, 1.165) is 18.4 Å². The molecule has 0 bridgehead atoms. The van der Waals surface area contributed by atoms with E-state index in [4.69, 9.17) is 14.2 Å². The normalized spacial score (nSPS) is 20.6. The zero-order valence-electron chi connectivity index (χ0n) is 24.4. The first-order valence-corrected chi connectivity index (χ1v) is 14.0. The maximum absolute atomic E-state index is 13.6. The van der Waals surface area contributed by atoms with Gasteiger partial charge in [-0.15, -0.1) is 0 Å². The van der Waals surface area contributed by atoms with E-state index < -0.39 is 11.9 Å². The summed E-state index contributed by atoms with van der Waals surface area (Å²) in [7, 11) is 1.55. The number of fused-ring (bicyclic) bond motifs is 1. The lowest BCUT2D eigenvalue weighted by atomic mass is 9.77. The average molecular weight is 547 g/mol. The summed E-state index contributed by atoms with van der Waals surface area (Å²) in [6.07, 6.45) is 5.13. The van der Waals surface area contributed by atoms with E-state index in [0.29, 0.717) is 49.7 Å². The Balaban J connectivity index is 1.99. The van der Waals surface area contributed by atoms with Crippen LogP contribution in [0.15, 0.2) is 23.8 Å². The molecule has 1 aromatic carbocycles. The zero-order valence-corrected chi connectivity index (χ0v) is 24.4. The number of nitrogens with zero attached hydrogens (tertiary/aromatic N) is 2. The standard InChI is InChI=1S/C30H46N2O7/c1-7-8-10-31(11-9-12-33)26(34)18-32-17-22(21-13-24(37-6)28-25(14-21)38-19-39-28)27(29(35)36)23(32)16-30(4,5)15-20(2)3/h13-15,22-23,27,33H,7-12,16-19H2,1-6H3,(H,35,36). The molecule has 0 spiro atoms. The summed E-state index contributed by atoms with van der Waals surface area (Å²) in [6, 6.07) is 3.33. The van der Waals surface area contributed by atoms with Crippen LogP contribution >= 0.6 is 0 Å². The molecule has 1 amide bonds. The predicted molar refractivity (Wildman–Crippen MR) is 149 cm³/mol. The van der Waals surface area contributed by atoms with Crippen molar-refractivity contribution in [3.63, 3.8) is 0 Å². The third-order valence-electron chi connectivity index (χ3n) is 7.62. The number of carbonyl (C=O) groups is 2. The number of aliphatic hydroxyl groups excluding tert-OH is 1. The Labute approximate surface area is 232 Å². The highest BCUT2D eigenvalue weighted by Crippen LogP contribution is 2.48. The number of carboxylic acids is 1. The van der Waals surface area contributed by atoms with Crippen molar-refractivity contribution in [2.75, 3.05) is 46.7 Å². The molecule has 0 radical (unpaired) electrons. The first kappa shape index (κ1) is 30.8. The molecule has 9 heteroatoms. The quantitative estimate of drug-likeness (QED) is 0.333. The SMILES string of the molecule is CCCCN(CCCO)C(=O)CN1CC(c2cc(OC)c3c(c2)OCO3)C(C(=O)O)C1CC(C)(C)C=C(C)C. The number of aliphatic hydroxyl groups is 1. The number of amides is 1. The van der Waals surface area contributed by atoms with Gasteiger partial charge in [-0.2, -0.15) is 0 Å². The van der Waals surface area contributed by atoms with E-state index in [1.165, 1.54) is 5.57 Å². The molecule has 39 heavy (non-hydrogen) atoms. The lowest BCUT2D eigenvalue weighted by molar-refractivity contribution is -0.144. The van der Waals surface area contributed by atoms with Crippen molar-refractivity contribution in [2.24, 2.45) is 11.3 Å². The number of likely N-dealkylation sites (tertiary alicyclic amines) is 1. The second-order valence-electron chi connectivity index (χ2n) is 11.7. The van der Waals surface area contributed by atoms with Gasteiger partial charge < -0.3 is 29.3 Å². The maximum atomic E-state index is 13.6. The fraction of sp³-hybridized carbons (Fsp3) is 0.667. The third kappa shape index (κ3) is 7.66. The number of methoxy groups -OCH3 is 1. The molecule has 0 aromatic heterocycles. The second kappa shape index (κ2) is 13.5. The number of hydrogen-bond acceptors (Lipinski definition) is 7. The molecule has 1 aromatic rings. The first-order chi connectivity index (χ1) is 18.5. The van der Waals surface area contributed by atoms with E-state index in [9.17, 15) is 19.8 Å². The minimum absolute atomic E-state index is 0.0221. The minimum atomic E-state index is -0.882. The summed E-state index contributed by atoms with van der Waals surface area (Å²) in [5, 5.41) is 19.9. The molecule has 2 aliphatic heterocycles. The van der Waals surface area contributed by atoms with E-state index in [-0.39, 0.29) is 43.2 Å². The van der Waals surface area contributed by atoms with Gasteiger partial charge in [-0.1, -0.05) is 38.8 Å². The van der Waals surface area contributed by atoms with Crippen molar-refractivity contribution in [3.8, 4) is 17.2 Å². The largest absolute Gasteiger partial charge is 0.493 e. The Morgan fingerprint density at radius 2 is 1.92 bits per heavy atom. The van der Waals surface area contributed by atoms with Crippen LogP contribution in [0.2, 0.25) is 0 Å². The van der Waals surface area contributed by atoms with Gasteiger partial charge >= 0.3 is 5.97 Å². The number of rotatable bonds is 14. The number of aliphatic carboxylic acids is 1. The summed E-state index contributed by atoms with van der Waals surface area (Å²) < 4.78 is 16.7. The maximum Gasteiger partial charge on any atom is 0.308 e. The van der Waals surface area contributed by atoms with Gasteiger partial charge in [0.05, 0.1) is 19.6 Å². The van der Waals surface area contributed by atoms with Crippen molar-refractivity contribution < 1.29 is 34.0 Å². The Bertz CT molecular complexity index is 1030. The van der Waals surface area contributed by atoms with Gasteiger partial charge in [-0.25, -0.2) is 0 Å². The van der Waals surface area contributed by atoms with Gasteiger partial charge in [0.2, 0.25) is 18.4 Å². The van der Waals surface area contributed by atoms with Gasteiger partial charge in [-0.3, -0.25) is 14.5 Å². The van der Waals surface area contributed by atoms with Gasteiger partial charge in [0, 0.05) is 38.2 Å². The predicted octanol–water partition coefficient (Wildman–Crippen LogP) is 4.29. The lowest BCUT2D eigenvalue weighted by Gasteiger charge is -2.34. The average Bonchev–Trinajstić information content (AvgIpc) is 3.47. The van der Waals surface area contributed by atoms with Crippen LogP contribution in [0.5, 0.6) is 17.2 Å². The second-order valence-corrected chi connectivity index (χ2v) is 11.7. The zero-order chi connectivity index (χ0) is 28.7. The molecule has 218 valence electrons. The number of allylic oxidation sites excluding steroid dienone is 2. The van der Waals surface area contributed by atoms with E-state index in [1.54, 1.807) is 7.11 Å². The van der Waals surface area contributed by atoms with Crippen LogP contribution in [-0.2, 0) is 9.59 Å². The number of hydrogen-bond donors (Lipinski definition) is 2. The highest BCUT2D eigenvalue weighted by Gasteiger charge is 2.49. The molecular weight excluding hydrogens is 500 g/mol. The van der Waals surface area contributed by atoms with Crippen LogP contribution in [0.25, 0.3) is 0 Å². The lowest BCUT2D eigenvalue weighted by Crippen LogP contribution is -2.46. The van der Waals surface area contributed by atoms with Crippen molar-refractivity contribution in [1.29, 1.82) is 0 Å². The Morgan fingerprint density at radius 3 is 2.54 bits per heavy atom. The first-order valence-electron chi connectivity index (χ1n) is 14.0. The Hall–Kier alpha value is -2.78. The molecule has 9 nitrogen and oxygen atoms in total. The van der Waals surface area contributed by atoms with Crippen LogP contribution in [0.4, 0.5) is 0 Å². The number of benzene rings is 1. The van der Waals surface area contributed by atoms with E-state index >= 15 is 0 Å². The Kier molecular flexibility index (Phi) is 10.7. The van der Waals surface area contributed by atoms with Crippen molar-refractivity contribution in [2.45, 2.75) is 72.3 Å².